The van der Waals surface area contributed by atoms with Crippen molar-refractivity contribution in [3.05, 3.63) is 46.6 Å². The molecule has 0 unspecified atom stereocenters. The van der Waals surface area contributed by atoms with Crippen molar-refractivity contribution in [2.45, 2.75) is 6.18 Å². The summed E-state index contributed by atoms with van der Waals surface area (Å²) in [5, 5.41) is 8.64. The van der Waals surface area contributed by atoms with Crippen molar-refractivity contribution in [2.75, 3.05) is 5.73 Å². The third kappa shape index (κ3) is 3.35. The van der Waals surface area contributed by atoms with Crippen LogP contribution in [0.4, 0.5) is 18.9 Å². The summed E-state index contributed by atoms with van der Waals surface area (Å²) >= 11 is 5.72. The van der Waals surface area contributed by atoms with E-state index in [-0.39, 0.29) is 22.2 Å². The first-order valence-electron chi connectivity index (χ1n) is 5.51. The number of nitrogen functional groups attached to an aromatic ring is 1. The van der Waals surface area contributed by atoms with Crippen molar-refractivity contribution in [1.82, 2.24) is 4.98 Å². The molecule has 0 amide bonds. The van der Waals surface area contributed by atoms with Crippen LogP contribution in [0.25, 0.3) is 0 Å². The SMILES string of the molecule is N#Cc1cc(N)ccc1Oc1ncc(C(F)(F)F)cc1Cl. The molecule has 0 fully saturated rings. The quantitative estimate of drug-likeness (QED) is 0.851. The Balaban J connectivity index is 2.35. The largest absolute Gasteiger partial charge is 0.436 e. The van der Waals surface area contributed by atoms with Gasteiger partial charge >= 0.3 is 6.18 Å². The number of nitriles is 1. The van der Waals surface area contributed by atoms with Crippen LogP contribution in [0.2, 0.25) is 5.02 Å². The molecule has 0 saturated carbocycles. The minimum Gasteiger partial charge on any atom is -0.436 e. The van der Waals surface area contributed by atoms with Crippen LogP contribution in [0.1, 0.15) is 11.1 Å². The van der Waals surface area contributed by atoms with Gasteiger partial charge in [0.2, 0.25) is 5.88 Å². The molecule has 21 heavy (non-hydrogen) atoms. The standard InChI is InChI=1S/C13H7ClF3N3O/c14-10-4-8(13(15,16)17)6-20-12(10)21-11-2-1-9(19)3-7(11)5-18/h1-4,6H,19H2. The monoisotopic (exact) mass is 313 g/mol. The minimum absolute atomic E-state index is 0.0980. The number of hydrogen-bond donors (Lipinski definition) is 1. The van der Waals surface area contributed by atoms with Crippen LogP contribution in [0.5, 0.6) is 11.6 Å². The molecule has 1 aromatic heterocycles. The summed E-state index contributed by atoms with van der Waals surface area (Å²) in [5.74, 6) is -0.133. The molecule has 0 spiro atoms. The molecule has 2 N–H and O–H groups in total. The Morgan fingerprint density at radius 2 is 2.00 bits per heavy atom. The lowest BCUT2D eigenvalue weighted by atomic mass is 10.2. The van der Waals surface area contributed by atoms with E-state index in [1.807, 2.05) is 6.07 Å². The maximum absolute atomic E-state index is 12.5. The van der Waals surface area contributed by atoms with Gasteiger partial charge in [-0.3, -0.25) is 0 Å². The molecule has 0 radical (unpaired) electrons. The zero-order chi connectivity index (χ0) is 15.6. The average Bonchev–Trinajstić information content (AvgIpc) is 2.41. The van der Waals surface area contributed by atoms with Gasteiger partial charge in [0.05, 0.1) is 11.1 Å². The van der Waals surface area contributed by atoms with E-state index in [4.69, 9.17) is 27.3 Å². The topological polar surface area (TPSA) is 71.9 Å². The van der Waals surface area contributed by atoms with Crippen molar-refractivity contribution in [3.63, 3.8) is 0 Å². The van der Waals surface area contributed by atoms with Crippen LogP contribution < -0.4 is 10.5 Å². The number of nitrogens with two attached hydrogens (primary N) is 1. The fourth-order valence-corrected chi connectivity index (χ4v) is 1.69. The van der Waals surface area contributed by atoms with Crippen LogP contribution in [0, 0.1) is 11.3 Å². The Morgan fingerprint density at radius 1 is 1.29 bits per heavy atom. The molecule has 0 atom stereocenters. The minimum atomic E-state index is -4.55. The molecule has 0 aliphatic rings. The van der Waals surface area contributed by atoms with E-state index in [0.29, 0.717) is 18.0 Å². The number of halogens is 4. The first-order chi connectivity index (χ1) is 9.81. The van der Waals surface area contributed by atoms with Gasteiger partial charge in [-0.05, 0) is 24.3 Å². The van der Waals surface area contributed by atoms with E-state index in [9.17, 15) is 13.2 Å². The second-order valence-corrected chi connectivity index (χ2v) is 4.39. The van der Waals surface area contributed by atoms with Crippen LogP contribution in [0.3, 0.4) is 0 Å². The second-order valence-electron chi connectivity index (χ2n) is 3.98. The molecule has 4 nitrogen and oxygen atoms in total. The molecule has 0 aliphatic heterocycles. The second kappa shape index (κ2) is 5.50. The van der Waals surface area contributed by atoms with Crippen molar-refractivity contribution < 1.29 is 17.9 Å². The molecular formula is C13H7ClF3N3O. The molecule has 108 valence electrons. The summed E-state index contributed by atoms with van der Waals surface area (Å²) in [6, 6.07) is 6.81. The number of nitrogens with zero attached hydrogens (tertiary/aromatic N) is 2. The fourth-order valence-electron chi connectivity index (χ4n) is 1.48. The first kappa shape index (κ1) is 14.9. The lowest BCUT2D eigenvalue weighted by Gasteiger charge is -2.11. The number of pyridine rings is 1. The highest BCUT2D eigenvalue weighted by molar-refractivity contribution is 6.31. The van der Waals surface area contributed by atoms with E-state index in [1.54, 1.807) is 0 Å². The van der Waals surface area contributed by atoms with Crippen LogP contribution in [-0.4, -0.2) is 4.98 Å². The Bertz CT molecular complexity index is 726. The summed E-state index contributed by atoms with van der Waals surface area (Å²) in [4.78, 5) is 3.52. The highest BCUT2D eigenvalue weighted by Gasteiger charge is 2.31. The van der Waals surface area contributed by atoms with Gasteiger partial charge in [0.15, 0.2) is 0 Å². The summed E-state index contributed by atoms with van der Waals surface area (Å²) < 4.78 is 42.7. The Labute approximate surface area is 122 Å². The maximum Gasteiger partial charge on any atom is 0.417 e. The molecule has 8 heteroatoms. The van der Waals surface area contributed by atoms with Crippen molar-refractivity contribution in [3.8, 4) is 17.7 Å². The van der Waals surface area contributed by atoms with E-state index in [0.717, 1.165) is 0 Å². The fraction of sp³-hybridized carbons (Fsp3) is 0.0769. The number of rotatable bonds is 2. The summed E-state index contributed by atoms with van der Waals surface area (Å²) in [5.41, 5.74) is 5.00. The normalized spacial score (nSPS) is 11.0. The van der Waals surface area contributed by atoms with Crippen LogP contribution in [-0.2, 0) is 6.18 Å². The number of alkyl halides is 3. The van der Waals surface area contributed by atoms with E-state index in [1.165, 1.54) is 18.2 Å². The van der Waals surface area contributed by atoms with Gasteiger partial charge in [-0.2, -0.15) is 18.4 Å². The van der Waals surface area contributed by atoms with E-state index < -0.39 is 11.7 Å². The first-order valence-corrected chi connectivity index (χ1v) is 5.89. The summed E-state index contributed by atoms with van der Waals surface area (Å²) in [7, 11) is 0. The lowest BCUT2D eigenvalue weighted by Crippen LogP contribution is -2.06. The summed E-state index contributed by atoms with van der Waals surface area (Å²) in [6.45, 7) is 0. The summed E-state index contributed by atoms with van der Waals surface area (Å²) in [6.07, 6.45) is -3.95. The van der Waals surface area contributed by atoms with Gasteiger partial charge in [-0.15, -0.1) is 0 Å². The Morgan fingerprint density at radius 3 is 2.57 bits per heavy atom. The van der Waals surface area contributed by atoms with Gasteiger partial charge < -0.3 is 10.5 Å². The predicted octanol–water partition coefficient (Wildman–Crippen LogP) is 4.00. The molecule has 2 rings (SSSR count). The van der Waals surface area contributed by atoms with Gasteiger partial charge in [0.1, 0.15) is 16.8 Å². The van der Waals surface area contributed by atoms with Gasteiger partial charge in [-0.1, -0.05) is 11.6 Å². The molecular weight excluding hydrogens is 307 g/mol. The predicted molar refractivity (Wildman–Crippen MR) is 69.9 cm³/mol. The van der Waals surface area contributed by atoms with Crippen molar-refractivity contribution in [2.24, 2.45) is 0 Å². The third-order valence-corrected chi connectivity index (χ3v) is 2.74. The van der Waals surface area contributed by atoms with E-state index in [2.05, 4.69) is 4.98 Å². The lowest BCUT2D eigenvalue weighted by molar-refractivity contribution is -0.137. The number of ether oxygens (including phenoxy) is 1. The smallest absolute Gasteiger partial charge is 0.417 e. The number of aromatic nitrogens is 1. The average molecular weight is 314 g/mol. The zero-order valence-corrected chi connectivity index (χ0v) is 11.0. The Kier molecular flexibility index (Phi) is 3.91. The number of benzene rings is 1. The Hall–Kier alpha value is -2.46. The van der Waals surface area contributed by atoms with Gasteiger partial charge in [-0.25, -0.2) is 4.98 Å². The zero-order valence-electron chi connectivity index (χ0n) is 10.3. The molecule has 2 aromatic rings. The van der Waals surface area contributed by atoms with Gasteiger partial charge in [0, 0.05) is 11.9 Å². The number of hydrogen-bond acceptors (Lipinski definition) is 4. The van der Waals surface area contributed by atoms with Crippen LogP contribution in [0.15, 0.2) is 30.5 Å². The number of anilines is 1. The third-order valence-electron chi connectivity index (χ3n) is 2.47. The molecule has 0 saturated heterocycles. The van der Waals surface area contributed by atoms with Crippen LogP contribution >= 0.6 is 11.6 Å². The van der Waals surface area contributed by atoms with Gasteiger partial charge in [0.25, 0.3) is 0 Å². The molecule has 1 heterocycles. The molecule has 0 bridgehead atoms. The van der Waals surface area contributed by atoms with Crippen molar-refractivity contribution >= 4 is 17.3 Å². The molecule has 0 aliphatic carbocycles. The van der Waals surface area contributed by atoms with E-state index >= 15 is 0 Å². The highest BCUT2D eigenvalue weighted by atomic mass is 35.5. The van der Waals surface area contributed by atoms with Crippen molar-refractivity contribution in [1.29, 1.82) is 5.26 Å². The molecule has 1 aromatic carbocycles. The maximum atomic E-state index is 12.5. The highest BCUT2D eigenvalue weighted by Crippen LogP contribution is 2.35.